The minimum Gasteiger partial charge on any atom is -0.493 e. The van der Waals surface area contributed by atoms with Crippen molar-refractivity contribution in [2.24, 2.45) is 5.16 Å². The van der Waals surface area contributed by atoms with E-state index in [0.29, 0.717) is 22.8 Å². The van der Waals surface area contributed by atoms with E-state index in [4.69, 9.17) is 19.1 Å². The number of hydrogen-bond acceptors (Lipinski definition) is 5. The van der Waals surface area contributed by atoms with E-state index in [2.05, 4.69) is 5.16 Å². The fourth-order valence-corrected chi connectivity index (χ4v) is 1.51. The molecule has 0 saturated heterocycles. The molecule has 0 aliphatic heterocycles. The van der Waals surface area contributed by atoms with E-state index >= 15 is 0 Å². The van der Waals surface area contributed by atoms with Gasteiger partial charge in [0.25, 0.3) is 0 Å². The number of benzene rings is 1. The van der Waals surface area contributed by atoms with Gasteiger partial charge in [0.05, 0.1) is 14.2 Å². The molecule has 0 unspecified atom stereocenters. The summed E-state index contributed by atoms with van der Waals surface area (Å²) >= 11 is 0. The highest BCUT2D eigenvalue weighted by molar-refractivity contribution is 5.88. The zero-order valence-electron chi connectivity index (χ0n) is 8.93. The second-order valence-electron chi connectivity index (χ2n) is 3.14. The molecule has 1 heterocycles. The van der Waals surface area contributed by atoms with Crippen LogP contribution in [0.2, 0.25) is 0 Å². The molecule has 2 aromatic rings. The highest BCUT2D eigenvalue weighted by Crippen LogP contribution is 2.33. The van der Waals surface area contributed by atoms with Crippen molar-refractivity contribution in [1.82, 2.24) is 0 Å². The molecular weight excluding hydrogens is 210 g/mol. The lowest BCUT2D eigenvalue weighted by Crippen LogP contribution is -1.89. The van der Waals surface area contributed by atoms with Gasteiger partial charge in [0.1, 0.15) is 17.6 Å². The van der Waals surface area contributed by atoms with Crippen LogP contribution in [0, 0.1) is 0 Å². The van der Waals surface area contributed by atoms with Crippen LogP contribution in [0.15, 0.2) is 27.8 Å². The quantitative estimate of drug-likeness (QED) is 0.490. The standard InChI is InChI=1S/C11H11NO4/c1-14-10-4-7-3-8(6-12-13)16-9(7)5-11(10)15-2/h3-6,13H,1-2H3/b12-6+. The van der Waals surface area contributed by atoms with Crippen LogP contribution in [0.4, 0.5) is 0 Å². The molecule has 1 aromatic carbocycles. The van der Waals surface area contributed by atoms with Gasteiger partial charge >= 0.3 is 0 Å². The largest absolute Gasteiger partial charge is 0.493 e. The number of furan rings is 1. The summed E-state index contributed by atoms with van der Waals surface area (Å²) in [5, 5.41) is 12.2. The average molecular weight is 221 g/mol. The number of oxime groups is 1. The van der Waals surface area contributed by atoms with Gasteiger partial charge < -0.3 is 19.1 Å². The van der Waals surface area contributed by atoms with Crippen molar-refractivity contribution in [3.63, 3.8) is 0 Å². The zero-order chi connectivity index (χ0) is 11.5. The number of nitrogens with zero attached hydrogens (tertiary/aromatic N) is 1. The highest BCUT2D eigenvalue weighted by atomic mass is 16.5. The van der Waals surface area contributed by atoms with E-state index in [-0.39, 0.29) is 0 Å². The zero-order valence-corrected chi connectivity index (χ0v) is 8.93. The Morgan fingerprint density at radius 3 is 2.50 bits per heavy atom. The summed E-state index contributed by atoms with van der Waals surface area (Å²) in [6.45, 7) is 0. The van der Waals surface area contributed by atoms with Crippen molar-refractivity contribution in [3.8, 4) is 11.5 Å². The topological polar surface area (TPSA) is 64.2 Å². The van der Waals surface area contributed by atoms with Crippen molar-refractivity contribution in [2.45, 2.75) is 0 Å². The third kappa shape index (κ3) is 1.67. The predicted molar refractivity (Wildman–Crippen MR) is 58.7 cm³/mol. The molecule has 5 nitrogen and oxygen atoms in total. The van der Waals surface area contributed by atoms with Crippen LogP contribution in [-0.4, -0.2) is 25.6 Å². The van der Waals surface area contributed by atoms with Crippen LogP contribution >= 0.6 is 0 Å². The van der Waals surface area contributed by atoms with Gasteiger partial charge in [0.2, 0.25) is 0 Å². The monoisotopic (exact) mass is 221 g/mol. The lowest BCUT2D eigenvalue weighted by molar-refractivity contribution is 0.321. The summed E-state index contributed by atoms with van der Waals surface area (Å²) in [6.07, 6.45) is 1.22. The molecule has 1 aromatic heterocycles. The Morgan fingerprint density at radius 1 is 1.19 bits per heavy atom. The summed E-state index contributed by atoms with van der Waals surface area (Å²) in [5.74, 6) is 1.69. The Morgan fingerprint density at radius 2 is 1.88 bits per heavy atom. The smallest absolute Gasteiger partial charge is 0.164 e. The number of methoxy groups -OCH3 is 2. The van der Waals surface area contributed by atoms with Crippen molar-refractivity contribution in [3.05, 3.63) is 24.0 Å². The SMILES string of the molecule is COc1cc2cc(/C=N/O)oc2cc1OC. The molecule has 0 saturated carbocycles. The van der Waals surface area contributed by atoms with E-state index in [1.54, 1.807) is 32.4 Å². The Hall–Kier alpha value is -2.17. The average Bonchev–Trinajstić information content (AvgIpc) is 2.68. The van der Waals surface area contributed by atoms with Crippen LogP contribution < -0.4 is 9.47 Å². The van der Waals surface area contributed by atoms with E-state index < -0.39 is 0 Å². The van der Waals surface area contributed by atoms with Gasteiger partial charge in [-0.25, -0.2) is 0 Å². The molecule has 0 fully saturated rings. The molecule has 1 N–H and O–H groups in total. The fourth-order valence-electron chi connectivity index (χ4n) is 1.51. The Kier molecular flexibility index (Phi) is 2.68. The Labute approximate surface area is 91.9 Å². The first-order valence-corrected chi connectivity index (χ1v) is 4.61. The minimum atomic E-state index is 0.466. The van der Waals surface area contributed by atoms with E-state index in [1.807, 2.05) is 0 Å². The molecule has 2 rings (SSSR count). The summed E-state index contributed by atoms with van der Waals surface area (Å²) in [7, 11) is 3.13. The number of hydrogen-bond donors (Lipinski definition) is 1. The van der Waals surface area contributed by atoms with Crippen molar-refractivity contribution < 1.29 is 19.1 Å². The first-order valence-electron chi connectivity index (χ1n) is 4.61. The molecule has 5 heteroatoms. The first kappa shape index (κ1) is 10.4. The van der Waals surface area contributed by atoms with Gasteiger partial charge in [0.15, 0.2) is 11.5 Å². The lowest BCUT2D eigenvalue weighted by atomic mass is 10.2. The summed E-state index contributed by atoms with van der Waals surface area (Å²) < 4.78 is 15.7. The third-order valence-corrected chi connectivity index (χ3v) is 2.23. The summed E-state index contributed by atoms with van der Waals surface area (Å²) in [5.41, 5.74) is 0.646. The third-order valence-electron chi connectivity index (χ3n) is 2.23. The molecule has 0 spiro atoms. The van der Waals surface area contributed by atoms with E-state index in [0.717, 1.165) is 5.39 Å². The molecular formula is C11H11NO4. The molecule has 0 amide bonds. The van der Waals surface area contributed by atoms with Gasteiger partial charge in [-0.2, -0.15) is 0 Å². The molecule has 84 valence electrons. The minimum absolute atomic E-state index is 0.466. The highest BCUT2D eigenvalue weighted by Gasteiger charge is 2.09. The molecule has 0 aliphatic carbocycles. The van der Waals surface area contributed by atoms with Gasteiger partial charge in [0, 0.05) is 11.5 Å². The van der Waals surface area contributed by atoms with Crippen LogP contribution in [0.25, 0.3) is 11.0 Å². The molecule has 0 radical (unpaired) electrons. The fraction of sp³-hybridized carbons (Fsp3) is 0.182. The van der Waals surface area contributed by atoms with Gasteiger partial charge in [-0.05, 0) is 12.1 Å². The summed E-state index contributed by atoms with van der Waals surface area (Å²) in [6, 6.07) is 5.27. The maximum Gasteiger partial charge on any atom is 0.164 e. The number of rotatable bonds is 3. The number of fused-ring (bicyclic) bond motifs is 1. The maximum absolute atomic E-state index is 8.41. The van der Waals surface area contributed by atoms with Crippen molar-refractivity contribution >= 4 is 17.2 Å². The maximum atomic E-state index is 8.41. The molecule has 0 aliphatic rings. The predicted octanol–water partition coefficient (Wildman–Crippen LogP) is 2.26. The van der Waals surface area contributed by atoms with E-state index in [9.17, 15) is 0 Å². The second kappa shape index (κ2) is 4.14. The van der Waals surface area contributed by atoms with Crippen molar-refractivity contribution in [1.29, 1.82) is 0 Å². The molecule has 16 heavy (non-hydrogen) atoms. The van der Waals surface area contributed by atoms with Crippen LogP contribution in [0.5, 0.6) is 11.5 Å². The van der Waals surface area contributed by atoms with Crippen LogP contribution in [0.1, 0.15) is 5.76 Å². The Balaban J connectivity index is 2.59. The van der Waals surface area contributed by atoms with Gasteiger partial charge in [-0.3, -0.25) is 0 Å². The van der Waals surface area contributed by atoms with Crippen molar-refractivity contribution in [2.75, 3.05) is 14.2 Å². The van der Waals surface area contributed by atoms with Crippen LogP contribution in [-0.2, 0) is 0 Å². The molecule has 0 bridgehead atoms. The van der Waals surface area contributed by atoms with Crippen LogP contribution in [0.3, 0.4) is 0 Å². The second-order valence-corrected chi connectivity index (χ2v) is 3.14. The normalized spacial score (nSPS) is 11.1. The van der Waals surface area contributed by atoms with E-state index in [1.165, 1.54) is 6.21 Å². The Bertz CT molecular complexity index is 489. The van der Waals surface area contributed by atoms with Gasteiger partial charge in [-0.1, -0.05) is 5.16 Å². The lowest BCUT2D eigenvalue weighted by Gasteiger charge is -2.06. The van der Waals surface area contributed by atoms with Gasteiger partial charge in [-0.15, -0.1) is 0 Å². The summed E-state index contributed by atoms with van der Waals surface area (Å²) in [4.78, 5) is 0. The number of ether oxygens (including phenoxy) is 2. The first-order chi connectivity index (χ1) is 7.78. The molecule has 0 atom stereocenters.